The fourth-order valence-electron chi connectivity index (χ4n) is 2.85. The van der Waals surface area contributed by atoms with E-state index in [1.54, 1.807) is 0 Å². The van der Waals surface area contributed by atoms with Crippen LogP contribution in [0.5, 0.6) is 0 Å². The van der Waals surface area contributed by atoms with Crippen molar-refractivity contribution in [2.45, 2.75) is 57.5 Å². The van der Waals surface area contributed by atoms with Crippen LogP contribution >= 0.6 is 0 Å². The van der Waals surface area contributed by atoms with Crippen LogP contribution in [0.2, 0.25) is 0 Å². The van der Waals surface area contributed by atoms with E-state index in [0.717, 1.165) is 19.5 Å². The molecule has 122 valence electrons. The zero-order valence-corrected chi connectivity index (χ0v) is 13.2. The average molecular weight is 299 g/mol. The van der Waals surface area contributed by atoms with Crippen molar-refractivity contribution in [3.63, 3.8) is 0 Å². The van der Waals surface area contributed by atoms with Crippen molar-refractivity contribution >= 4 is 11.9 Å². The fourth-order valence-corrected chi connectivity index (χ4v) is 2.85. The smallest absolute Gasteiger partial charge is 0.327 e. The Labute approximate surface area is 127 Å². The summed E-state index contributed by atoms with van der Waals surface area (Å²) in [5, 5.41) is 14.5. The van der Waals surface area contributed by atoms with Crippen molar-refractivity contribution in [3.05, 3.63) is 0 Å². The predicted molar refractivity (Wildman–Crippen MR) is 82.2 cm³/mol. The van der Waals surface area contributed by atoms with Gasteiger partial charge >= 0.3 is 5.97 Å². The first-order valence-corrected chi connectivity index (χ1v) is 7.91. The van der Waals surface area contributed by atoms with Gasteiger partial charge in [-0.25, -0.2) is 4.79 Å². The van der Waals surface area contributed by atoms with Gasteiger partial charge in [0.15, 0.2) is 0 Å². The molecule has 0 aliphatic heterocycles. The number of carbonyl (C=O) groups excluding carboxylic acids is 1. The summed E-state index contributed by atoms with van der Waals surface area (Å²) in [4.78, 5) is 24.3. The van der Waals surface area contributed by atoms with Crippen molar-refractivity contribution in [1.29, 1.82) is 0 Å². The zero-order chi connectivity index (χ0) is 15.7. The van der Waals surface area contributed by atoms with E-state index in [-0.39, 0.29) is 12.5 Å². The standard InChI is InChI=1S/C15H29N3O3/c1-12(19)17-14(15(20)21)11-16-9-6-10-18(2)13-7-4-3-5-8-13/h13-14,16H,3-11H2,1-2H3,(H,17,19)(H,20,21). The molecule has 0 bridgehead atoms. The highest BCUT2D eigenvalue weighted by Gasteiger charge is 2.18. The molecule has 0 radical (unpaired) electrons. The second-order valence-corrected chi connectivity index (χ2v) is 5.92. The third-order valence-corrected chi connectivity index (χ3v) is 4.09. The minimum absolute atomic E-state index is 0.266. The molecule has 1 fully saturated rings. The summed E-state index contributed by atoms with van der Waals surface area (Å²) in [6.07, 6.45) is 7.63. The minimum Gasteiger partial charge on any atom is -0.480 e. The van der Waals surface area contributed by atoms with Crippen LogP contribution in [-0.4, -0.2) is 60.6 Å². The Kier molecular flexibility index (Phi) is 8.30. The molecule has 0 aromatic rings. The van der Waals surface area contributed by atoms with Crippen LogP contribution in [0.15, 0.2) is 0 Å². The fraction of sp³-hybridized carbons (Fsp3) is 0.867. The van der Waals surface area contributed by atoms with Crippen LogP contribution in [0.3, 0.4) is 0 Å². The molecule has 6 heteroatoms. The lowest BCUT2D eigenvalue weighted by molar-refractivity contribution is -0.141. The van der Waals surface area contributed by atoms with Crippen LogP contribution in [0.1, 0.15) is 45.4 Å². The molecule has 0 heterocycles. The number of aliphatic carboxylic acids is 1. The Morgan fingerprint density at radius 2 is 1.95 bits per heavy atom. The Morgan fingerprint density at radius 3 is 2.52 bits per heavy atom. The summed E-state index contributed by atoms with van der Waals surface area (Å²) >= 11 is 0. The van der Waals surface area contributed by atoms with Crippen LogP contribution in [-0.2, 0) is 9.59 Å². The molecule has 1 saturated carbocycles. The van der Waals surface area contributed by atoms with E-state index in [0.29, 0.717) is 6.04 Å². The molecule has 1 unspecified atom stereocenters. The second kappa shape index (κ2) is 9.73. The molecule has 21 heavy (non-hydrogen) atoms. The maximum Gasteiger partial charge on any atom is 0.327 e. The minimum atomic E-state index is -1.00. The first-order chi connectivity index (χ1) is 10.0. The molecule has 1 atom stereocenters. The monoisotopic (exact) mass is 299 g/mol. The quantitative estimate of drug-likeness (QED) is 0.549. The molecule has 1 rings (SSSR count). The van der Waals surface area contributed by atoms with Crippen molar-refractivity contribution in [2.75, 3.05) is 26.7 Å². The van der Waals surface area contributed by atoms with Gasteiger partial charge in [-0.1, -0.05) is 19.3 Å². The van der Waals surface area contributed by atoms with E-state index in [2.05, 4.69) is 22.6 Å². The van der Waals surface area contributed by atoms with E-state index in [1.165, 1.54) is 39.0 Å². The number of carboxylic acid groups (broad SMARTS) is 1. The lowest BCUT2D eigenvalue weighted by Gasteiger charge is -2.31. The van der Waals surface area contributed by atoms with Crippen molar-refractivity contribution < 1.29 is 14.7 Å². The number of nitrogens with zero attached hydrogens (tertiary/aromatic N) is 1. The third-order valence-electron chi connectivity index (χ3n) is 4.09. The van der Waals surface area contributed by atoms with Crippen LogP contribution in [0.25, 0.3) is 0 Å². The molecular weight excluding hydrogens is 270 g/mol. The lowest BCUT2D eigenvalue weighted by atomic mass is 9.94. The maximum absolute atomic E-state index is 11.0. The molecule has 0 aromatic carbocycles. The van der Waals surface area contributed by atoms with Crippen molar-refractivity contribution in [2.24, 2.45) is 0 Å². The van der Waals surface area contributed by atoms with Crippen molar-refractivity contribution in [3.8, 4) is 0 Å². The van der Waals surface area contributed by atoms with Gasteiger partial charge in [0.1, 0.15) is 6.04 Å². The van der Waals surface area contributed by atoms with Gasteiger partial charge in [0.05, 0.1) is 0 Å². The number of carboxylic acids is 1. The van der Waals surface area contributed by atoms with Gasteiger partial charge in [0, 0.05) is 19.5 Å². The van der Waals surface area contributed by atoms with Crippen LogP contribution < -0.4 is 10.6 Å². The number of hydrogen-bond donors (Lipinski definition) is 3. The summed E-state index contributed by atoms with van der Waals surface area (Å²) in [5.41, 5.74) is 0. The summed E-state index contributed by atoms with van der Waals surface area (Å²) < 4.78 is 0. The zero-order valence-electron chi connectivity index (χ0n) is 13.2. The van der Waals surface area contributed by atoms with E-state index in [9.17, 15) is 9.59 Å². The molecule has 1 aliphatic carbocycles. The van der Waals surface area contributed by atoms with Crippen molar-refractivity contribution in [1.82, 2.24) is 15.5 Å². The summed E-state index contributed by atoms with van der Waals surface area (Å²) in [7, 11) is 2.17. The van der Waals surface area contributed by atoms with Crippen LogP contribution in [0, 0.1) is 0 Å². The molecule has 0 aromatic heterocycles. The first kappa shape index (κ1) is 17.9. The topological polar surface area (TPSA) is 81.7 Å². The van der Waals surface area contributed by atoms with Gasteiger partial charge in [0.25, 0.3) is 0 Å². The Bertz CT molecular complexity index is 330. The van der Waals surface area contributed by atoms with Gasteiger partial charge in [-0.15, -0.1) is 0 Å². The van der Waals surface area contributed by atoms with Gasteiger partial charge in [-0.05, 0) is 39.4 Å². The van der Waals surface area contributed by atoms with Gasteiger partial charge in [-0.3, -0.25) is 4.79 Å². The molecule has 6 nitrogen and oxygen atoms in total. The molecular formula is C15H29N3O3. The maximum atomic E-state index is 11.0. The number of hydrogen-bond acceptors (Lipinski definition) is 4. The lowest BCUT2D eigenvalue weighted by Crippen LogP contribution is -2.46. The summed E-state index contributed by atoms with van der Waals surface area (Å²) in [5.74, 6) is -1.32. The Morgan fingerprint density at radius 1 is 1.29 bits per heavy atom. The first-order valence-electron chi connectivity index (χ1n) is 7.91. The van der Waals surface area contributed by atoms with Gasteiger partial charge in [0.2, 0.25) is 5.91 Å². The third kappa shape index (κ3) is 7.43. The van der Waals surface area contributed by atoms with E-state index >= 15 is 0 Å². The number of rotatable bonds is 9. The van der Waals surface area contributed by atoms with E-state index in [4.69, 9.17) is 5.11 Å². The Balaban J connectivity index is 2.12. The highest BCUT2D eigenvalue weighted by atomic mass is 16.4. The average Bonchev–Trinajstić information content (AvgIpc) is 2.45. The molecule has 1 aliphatic rings. The van der Waals surface area contributed by atoms with E-state index in [1.807, 2.05) is 0 Å². The molecule has 1 amide bonds. The molecule has 0 saturated heterocycles. The van der Waals surface area contributed by atoms with E-state index < -0.39 is 12.0 Å². The molecule has 0 spiro atoms. The number of amides is 1. The number of nitrogens with one attached hydrogen (secondary N) is 2. The molecule has 3 N–H and O–H groups in total. The Hall–Kier alpha value is -1.14. The highest BCUT2D eigenvalue weighted by molar-refractivity contribution is 5.82. The predicted octanol–water partition coefficient (Wildman–Crippen LogP) is 0.820. The summed E-state index contributed by atoms with van der Waals surface area (Å²) in [6, 6.07) is -0.136. The van der Waals surface area contributed by atoms with Gasteiger partial charge in [-0.2, -0.15) is 0 Å². The second-order valence-electron chi connectivity index (χ2n) is 5.92. The largest absolute Gasteiger partial charge is 0.480 e. The van der Waals surface area contributed by atoms with Gasteiger partial charge < -0.3 is 20.6 Å². The normalized spacial score (nSPS) is 17.7. The summed E-state index contributed by atoms with van der Waals surface area (Å²) in [6.45, 7) is 3.38. The number of carbonyl (C=O) groups is 2. The highest BCUT2D eigenvalue weighted by Crippen LogP contribution is 2.21. The SMILES string of the molecule is CC(=O)NC(CNCCCN(C)C1CCCCC1)C(=O)O. The van der Waals surface area contributed by atoms with Crippen LogP contribution in [0.4, 0.5) is 0 Å².